The summed E-state index contributed by atoms with van der Waals surface area (Å²) in [6.45, 7) is 0.205. The minimum absolute atomic E-state index is 0.0438. The molecule has 2 heterocycles. The highest BCUT2D eigenvalue weighted by molar-refractivity contribution is 6.22. The van der Waals surface area contributed by atoms with Gasteiger partial charge in [0.15, 0.2) is 0 Å². The van der Waals surface area contributed by atoms with E-state index in [0.717, 1.165) is 25.7 Å². The first-order valence-corrected chi connectivity index (χ1v) is 11.6. The van der Waals surface area contributed by atoms with E-state index in [1.165, 1.54) is 4.90 Å². The Morgan fingerprint density at radius 2 is 1.50 bits per heavy atom. The maximum atomic E-state index is 12.9. The van der Waals surface area contributed by atoms with E-state index in [1.54, 1.807) is 60.5 Å². The molecule has 0 spiro atoms. The molecule has 176 valence electrons. The quantitative estimate of drug-likeness (QED) is 0.384. The predicted molar refractivity (Wildman–Crippen MR) is 123 cm³/mol. The second-order valence-corrected chi connectivity index (χ2v) is 9.03. The molecule has 0 N–H and O–H groups in total. The van der Waals surface area contributed by atoms with Gasteiger partial charge in [0.1, 0.15) is 11.5 Å². The summed E-state index contributed by atoms with van der Waals surface area (Å²) in [6.07, 6.45) is 3.43. The number of ether oxygens (including phenoxy) is 2. The summed E-state index contributed by atoms with van der Waals surface area (Å²) in [5.41, 5.74) is 1.07. The number of nitrogens with zero attached hydrogens (tertiary/aromatic N) is 2. The van der Waals surface area contributed by atoms with Crippen LogP contribution < -0.4 is 19.3 Å². The second kappa shape index (κ2) is 8.93. The van der Waals surface area contributed by atoms with Crippen molar-refractivity contribution in [3.05, 3.63) is 48.5 Å². The van der Waals surface area contributed by atoms with Crippen molar-refractivity contribution in [3.63, 3.8) is 0 Å². The van der Waals surface area contributed by atoms with Gasteiger partial charge in [-0.3, -0.25) is 19.2 Å². The van der Waals surface area contributed by atoms with Gasteiger partial charge in [-0.15, -0.1) is 0 Å². The van der Waals surface area contributed by atoms with Crippen LogP contribution in [-0.4, -0.2) is 37.3 Å². The van der Waals surface area contributed by atoms with Crippen LogP contribution in [0, 0.1) is 17.8 Å². The lowest BCUT2D eigenvalue weighted by atomic mass is 9.81. The van der Waals surface area contributed by atoms with Crippen LogP contribution in [0.25, 0.3) is 0 Å². The predicted octanol–water partition coefficient (Wildman–Crippen LogP) is 3.33. The van der Waals surface area contributed by atoms with Crippen LogP contribution >= 0.6 is 0 Å². The molecule has 2 saturated heterocycles. The molecular formula is C26H26N2O6. The van der Waals surface area contributed by atoms with Crippen molar-refractivity contribution in [2.45, 2.75) is 32.1 Å². The molecule has 0 radical (unpaired) electrons. The van der Waals surface area contributed by atoms with Gasteiger partial charge in [-0.1, -0.05) is 25.0 Å². The average Bonchev–Trinajstić information content (AvgIpc) is 3.37. The Morgan fingerprint density at radius 3 is 2.18 bits per heavy atom. The van der Waals surface area contributed by atoms with Crippen LogP contribution in [0.4, 0.5) is 11.4 Å². The molecule has 5 rings (SSSR count). The lowest BCUT2D eigenvalue weighted by Gasteiger charge is -2.19. The Kier molecular flexibility index (Phi) is 5.81. The molecule has 3 atom stereocenters. The SMILES string of the molecule is COc1cccc(N2C[C@@H](C(=O)Oc3cccc(N4C(=O)[C@H]5CCCC[C@@H]5C4=O)c3)CC2=O)c1. The third-order valence-corrected chi connectivity index (χ3v) is 6.96. The van der Waals surface area contributed by atoms with E-state index in [9.17, 15) is 19.2 Å². The molecule has 2 aliphatic heterocycles. The zero-order valence-electron chi connectivity index (χ0n) is 18.9. The van der Waals surface area contributed by atoms with Crippen LogP contribution in [0.1, 0.15) is 32.1 Å². The maximum absolute atomic E-state index is 12.9. The van der Waals surface area contributed by atoms with E-state index in [-0.39, 0.29) is 48.3 Å². The monoisotopic (exact) mass is 462 g/mol. The number of amides is 3. The number of imide groups is 1. The second-order valence-electron chi connectivity index (χ2n) is 9.03. The summed E-state index contributed by atoms with van der Waals surface area (Å²) in [7, 11) is 1.55. The molecule has 8 heteroatoms. The van der Waals surface area contributed by atoms with Crippen molar-refractivity contribution in [2.75, 3.05) is 23.5 Å². The molecule has 0 bridgehead atoms. The third-order valence-electron chi connectivity index (χ3n) is 6.96. The molecule has 1 saturated carbocycles. The van der Waals surface area contributed by atoms with E-state index in [1.807, 2.05) is 0 Å². The van der Waals surface area contributed by atoms with E-state index in [0.29, 0.717) is 17.1 Å². The Hall–Kier alpha value is -3.68. The van der Waals surface area contributed by atoms with E-state index < -0.39 is 11.9 Å². The summed E-state index contributed by atoms with van der Waals surface area (Å²) in [5.74, 6) is -1.30. The lowest BCUT2D eigenvalue weighted by molar-refractivity contribution is -0.139. The number of fused-ring (bicyclic) bond motifs is 1. The van der Waals surface area contributed by atoms with Gasteiger partial charge < -0.3 is 14.4 Å². The summed E-state index contributed by atoms with van der Waals surface area (Å²) in [5, 5.41) is 0. The zero-order valence-corrected chi connectivity index (χ0v) is 18.9. The Balaban J connectivity index is 1.29. The smallest absolute Gasteiger partial charge is 0.316 e. The van der Waals surface area contributed by atoms with Crippen LogP contribution in [0.15, 0.2) is 48.5 Å². The van der Waals surface area contributed by atoms with Gasteiger partial charge in [-0.05, 0) is 37.1 Å². The zero-order chi connectivity index (χ0) is 23.8. The fraction of sp³-hybridized carbons (Fsp3) is 0.385. The Labute approximate surface area is 197 Å². The van der Waals surface area contributed by atoms with Gasteiger partial charge in [0.25, 0.3) is 0 Å². The topological polar surface area (TPSA) is 93.2 Å². The summed E-state index contributed by atoms with van der Waals surface area (Å²) < 4.78 is 10.8. The number of anilines is 2. The molecule has 2 aromatic rings. The van der Waals surface area contributed by atoms with Gasteiger partial charge in [0, 0.05) is 30.8 Å². The number of rotatable bonds is 5. The number of hydrogen-bond donors (Lipinski definition) is 0. The summed E-state index contributed by atoms with van der Waals surface area (Å²) >= 11 is 0. The highest BCUT2D eigenvalue weighted by atomic mass is 16.5. The van der Waals surface area contributed by atoms with Crippen molar-refractivity contribution >= 4 is 35.1 Å². The first-order chi connectivity index (χ1) is 16.5. The minimum atomic E-state index is -0.625. The molecule has 3 fully saturated rings. The standard InChI is InChI=1S/C26H26N2O6/c1-33-19-8-4-6-17(13-19)27-15-16(12-23(27)29)26(32)34-20-9-5-7-18(14-20)28-24(30)21-10-2-3-11-22(21)25(28)31/h4-9,13-14,16,21-22H,2-3,10-12,15H2,1H3/t16-,21-,22-/m0/s1. The van der Waals surface area contributed by atoms with Crippen molar-refractivity contribution in [1.82, 2.24) is 0 Å². The van der Waals surface area contributed by atoms with Crippen LogP contribution in [-0.2, 0) is 19.2 Å². The number of methoxy groups -OCH3 is 1. The largest absolute Gasteiger partial charge is 0.497 e. The van der Waals surface area contributed by atoms with Gasteiger partial charge in [-0.25, -0.2) is 4.90 Å². The number of carbonyl (C=O) groups is 4. The summed E-state index contributed by atoms with van der Waals surface area (Å²) in [6, 6.07) is 13.6. The third kappa shape index (κ3) is 3.93. The first kappa shape index (κ1) is 22.1. The van der Waals surface area contributed by atoms with Crippen LogP contribution in [0.2, 0.25) is 0 Å². The first-order valence-electron chi connectivity index (χ1n) is 11.6. The Bertz CT molecular complexity index is 1140. The van der Waals surface area contributed by atoms with Crippen molar-refractivity contribution in [1.29, 1.82) is 0 Å². The molecule has 0 aromatic heterocycles. The molecule has 34 heavy (non-hydrogen) atoms. The normalized spacial score (nSPS) is 24.4. The molecule has 3 aliphatic rings. The molecule has 8 nitrogen and oxygen atoms in total. The van der Waals surface area contributed by atoms with E-state index >= 15 is 0 Å². The lowest BCUT2D eigenvalue weighted by Crippen LogP contribution is -2.31. The average molecular weight is 463 g/mol. The van der Waals surface area contributed by atoms with Gasteiger partial charge in [0.2, 0.25) is 17.7 Å². The van der Waals surface area contributed by atoms with Crippen molar-refractivity contribution in [2.24, 2.45) is 17.8 Å². The van der Waals surface area contributed by atoms with Crippen molar-refractivity contribution in [3.8, 4) is 11.5 Å². The molecule has 3 amide bonds. The Morgan fingerprint density at radius 1 is 0.882 bits per heavy atom. The van der Waals surface area contributed by atoms with Crippen LogP contribution in [0.5, 0.6) is 11.5 Å². The van der Waals surface area contributed by atoms with Gasteiger partial charge in [-0.2, -0.15) is 0 Å². The van der Waals surface area contributed by atoms with Crippen LogP contribution in [0.3, 0.4) is 0 Å². The highest BCUT2D eigenvalue weighted by Crippen LogP contribution is 2.40. The minimum Gasteiger partial charge on any atom is -0.497 e. The molecular weight excluding hydrogens is 436 g/mol. The fourth-order valence-corrected chi connectivity index (χ4v) is 5.20. The number of hydrogen-bond acceptors (Lipinski definition) is 6. The van der Waals surface area contributed by atoms with E-state index in [4.69, 9.17) is 9.47 Å². The maximum Gasteiger partial charge on any atom is 0.316 e. The number of benzene rings is 2. The number of carbonyl (C=O) groups excluding carboxylic acids is 4. The van der Waals surface area contributed by atoms with Gasteiger partial charge in [0.05, 0.1) is 30.6 Å². The van der Waals surface area contributed by atoms with E-state index in [2.05, 4.69) is 0 Å². The van der Waals surface area contributed by atoms with Gasteiger partial charge >= 0.3 is 5.97 Å². The van der Waals surface area contributed by atoms with Crippen molar-refractivity contribution < 1.29 is 28.7 Å². The highest BCUT2D eigenvalue weighted by Gasteiger charge is 2.48. The summed E-state index contributed by atoms with van der Waals surface area (Å²) in [4.78, 5) is 54.0. The molecule has 0 unspecified atom stereocenters. The molecule has 1 aliphatic carbocycles. The fourth-order valence-electron chi connectivity index (χ4n) is 5.20. The molecule has 2 aromatic carbocycles. The number of esters is 1.